The van der Waals surface area contributed by atoms with Crippen molar-refractivity contribution in [1.82, 2.24) is 0 Å². The monoisotopic (exact) mass is 440 g/mol. The highest BCUT2D eigenvalue weighted by Gasteiger charge is 2.44. The van der Waals surface area contributed by atoms with Gasteiger partial charge in [0.05, 0.1) is 17.6 Å². The van der Waals surface area contributed by atoms with Crippen LogP contribution in [0.15, 0.2) is 59.6 Å². The van der Waals surface area contributed by atoms with Crippen molar-refractivity contribution in [3.63, 3.8) is 0 Å². The summed E-state index contributed by atoms with van der Waals surface area (Å²) in [5.41, 5.74) is 2.25. The predicted octanol–water partition coefficient (Wildman–Crippen LogP) is 5.22. The first kappa shape index (κ1) is 23.4. The fraction of sp³-hybridized carbons (Fsp3) is 0.360. The molecule has 0 saturated heterocycles. The largest absolute Gasteiger partial charge is 0.449 e. The number of rotatable bonds is 7. The Morgan fingerprint density at radius 2 is 1.88 bits per heavy atom. The first-order valence-electron chi connectivity index (χ1n) is 10.5. The Kier molecular flexibility index (Phi) is 7.57. The molecule has 1 aliphatic carbocycles. The minimum atomic E-state index is -4.99. The van der Waals surface area contributed by atoms with Gasteiger partial charge in [-0.2, -0.15) is 18.4 Å². The summed E-state index contributed by atoms with van der Waals surface area (Å²) < 4.78 is 39.3. The highest BCUT2D eigenvalue weighted by atomic mass is 19.4. The number of benzene rings is 2. The SMILES string of the molecule is N#Cc1cccc(C(CC(=O)C(F)(F)F)C2C(=O)CCCC2=NCCc2ccccc2)c1. The van der Waals surface area contributed by atoms with Crippen LogP contribution in [0.2, 0.25) is 0 Å². The number of aliphatic imine (C=N–C) groups is 1. The number of nitrogens with zero attached hydrogens (tertiary/aromatic N) is 2. The average molecular weight is 440 g/mol. The predicted molar refractivity (Wildman–Crippen MR) is 114 cm³/mol. The van der Waals surface area contributed by atoms with Crippen molar-refractivity contribution in [2.45, 2.75) is 44.2 Å². The summed E-state index contributed by atoms with van der Waals surface area (Å²) in [5, 5.41) is 9.21. The van der Waals surface area contributed by atoms with Gasteiger partial charge in [0.1, 0.15) is 5.78 Å². The van der Waals surface area contributed by atoms with E-state index in [0.29, 0.717) is 37.1 Å². The maximum atomic E-state index is 13.1. The van der Waals surface area contributed by atoms with E-state index in [2.05, 4.69) is 4.99 Å². The number of carbonyl (C=O) groups excluding carboxylic acids is 2. The van der Waals surface area contributed by atoms with Gasteiger partial charge in [-0.25, -0.2) is 0 Å². The highest BCUT2D eigenvalue weighted by molar-refractivity contribution is 6.08. The Hall–Kier alpha value is -3.27. The van der Waals surface area contributed by atoms with E-state index in [1.807, 2.05) is 36.4 Å². The van der Waals surface area contributed by atoms with E-state index >= 15 is 0 Å². The van der Waals surface area contributed by atoms with Crippen molar-refractivity contribution in [3.8, 4) is 6.07 Å². The quantitative estimate of drug-likeness (QED) is 0.593. The summed E-state index contributed by atoms with van der Waals surface area (Å²) in [4.78, 5) is 29.4. The number of halogens is 3. The third kappa shape index (κ3) is 5.91. The molecule has 166 valence electrons. The van der Waals surface area contributed by atoms with Crippen LogP contribution in [0.3, 0.4) is 0 Å². The number of alkyl halides is 3. The number of ketones is 2. The smallest absolute Gasteiger partial charge is 0.299 e. The Balaban J connectivity index is 1.94. The Bertz CT molecular complexity index is 1040. The molecule has 1 saturated carbocycles. The molecule has 0 heterocycles. The highest BCUT2D eigenvalue weighted by Crippen LogP contribution is 2.37. The number of nitriles is 1. The van der Waals surface area contributed by atoms with Gasteiger partial charge in [0.15, 0.2) is 0 Å². The van der Waals surface area contributed by atoms with Crippen molar-refractivity contribution >= 4 is 17.3 Å². The standard InChI is InChI=1S/C25H23F3N2O2/c26-25(27,28)23(32)15-20(19-9-4-8-18(14-19)16-29)24-21(10-5-11-22(24)31)30-13-12-17-6-2-1-3-7-17/h1-4,6-9,14,20,24H,5,10-13,15H2. The van der Waals surface area contributed by atoms with Crippen LogP contribution in [0, 0.1) is 17.2 Å². The van der Waals surface area contributed by atoms with E-state index in [-0.39, 0.29) is 17.8 Å². The van der Waals surface area contributed by atoms with Gasteiger partial charge in [-0.1, -0.05) is 42.5 Å². The maximum Gasteiger partial charge on any atom is 0.449 e. The number of hydrogen-bond acceptors (Lipinski definition) is 4. The molecule has 1 aliphatic rings. The van der Waals surface area contributed by atoms with E-state index in [0.717, 1.165) is 5.56 Å². The summed E-state index contributed by atoms with van der Waals surface area (Å²) in [6, 6.07) is 17.7. The Labute approximate surface area is 184 Å². The molecule has 4 nitrogen and oxygen atoms in total. The number of carbonyl (C=O) groups is 2. The summed E-state index contributed by atoms with van der Waals surface area (Å²) in [6.45, 7) is 0.404. The molecule has 2 atom stereocenters. The van der Waals surface area contributed by atoms with Gasteiger partial charge >= 0.3 is 6.18 Å². The molecule has 0 spiro atoms. The van der Waals surface area contributed by atoms with Crippen molar-refractivity contribution in [2.75, 3.05) is 6.54 Å². The minimum Gasteiger partial charge on any atom is -0.299 e. The lowest BCUT2D eigenvalue weighted by atomic mass is 9.72. The molecule has 0 radical (unpaired) electrons. The van der Waals surface area contributed by atoms with Crippen LogP contribution >= 0.6 is 0 Å². The van der Waals surface area contributed by atoms with E-state index < -0.39 is 30.2 Å². The molecule has 32 heavy (non-hydrogen) atoms. The van der Waals surface area contributed by atoms with Crippen LogP contribution in [0.25, 0.3) is 0 Å². The third-order valence-electron chi connectivity index (χ3n) is 5.69. The Morgan fingerprint density at radius 3 is 2.56 bits per heavy atom. The van der Waals surface area contributed by atoms with Crippen LogP contribution < -0.4 is 0 Å². The van der Waals surface area contributed by atoms with Crippen LogP contribution in [0.4, 0.5) is 13.2 Å². The molecule has 2 unspecified atom stereocenters. The second-order valence-corrected chi connectivity index (χ2v) is 7.88. The van der Waals surface area contributed by atoms with Gasteiger partial charge in [-0.3, -0.25) is 14.6 Å². The van der Waals surface area contributed by atoms with E-state index in [9.17, 15) is 28.0 Å². The summed E-state index contributed by atoms with van der Waals surface area (Å²) in [7, 11) is 0. The van der Waals surface area contributed by atoms with Gasteiger partial charge in [-0.05, 0) is 42.5 Å². The third-order valence-corrected chi connectivity index (χ3v) is 5.69. The zero-order chi connectivity index (χ0) is 23.1. The van der Waals surface area contributed by atoms with Gasteiger partial charge in [0, 0.05) is 31.0 Å². The topological polar surface area (TPSA) is 70.3 Å². The number of Topliss-reactive ketones (excluding diaryl/α,β-unsaturated/α-hetero) is 2. The average Bonchev–Trinajstić information content (AvgIpc) is 2.78. The molecule has 3 rings (SSSR count). The zero-order valence-corrected chi connectivity index (χ0v) is 17.4. The summed E-state index contributed by atoms with van der Waals surface area (Å²) in [6.07, 6.45) is -3.89. The molecule has 0 aliphatic heterocycles. The van der Waals surface area contributed by atoms with Crippen molar-refractivity contribution in [3.05, 3.63) is 71.3 Å². The lowest BCUT2D eigenvalue weighted by Gasteiger charge is -2.31. The lowest BCUT2D eigenvalue weighted by Crippen LogP contribution is -2.37. The summed E-state index contributed by atoms with van der Waals surface area (Å²) >= 11 is 0. The van der Waals surface area contributed by atoms with Crippen molar-refractivity contribution < 1.29 is 22.8 Å². The van der Waals surface area contributed by atoms with E-state index in [4.69, 9.17) is 0 Å². The maximum absolute atomic E-state index is 13.1. The van der Waals surface area contributed by atoms with Crippen LogP contribution in [-0.4, -0.2) is 30.0 Å². The second kappa shape index (κ2) is 10.4. The molecular formula is C25H23F3N2O2. The normalized spacial score (nSPS) is 18.9. The van der Waals surface area contributed by atoms with Gasteiger partial charge in [-0.15, -0.1) is 0 Å². The molecule has 0 aromatic heterocycles. The first-order chi connectivity index (χ1) is 15.3. The summed E-state index contributed by atoms with van der Waals surface area (Å²) in [5.74, 6) is -4.01. The molecule has 7 heteroatoms. The molecule has 1 fully saturated rings. The second-order valence-electron chi connectivity index (χ2n) is 7.88. The van der Waals surface area contributed by atoms with E-state index in [1.54, 1.807) is 12.1 Å². The molecule has 0 bridgehead atoms. The minimum absolute atomic E-state index is 0.211. The lowest BCUT2D eigenvalue weighted by molar-refractivity contribution is -0.171. The van der Waals surface area contributed by atoms with Crippen LogP contribution in [0.1, 0.15) is 48.3 Å². The van der Waals surface area contributed by atoms with E-state index in [1.165, 1.54) is 12.1 Å². The molecule has 2 aromatic rings. The van der Waals surface area contributed by atoms with Gasteiger partial charge in [0.2, 0.25) is 5.78 Å². The molecule has 2 aromatic carbocycles. The first-order valence-corrected chi connectivity index (χ1v) is 10.5. The van der Waals surface area contributed by atoms with Gasteiger partial charge in [0.25, 0.3) is 0 Å². The fourth-order valence-electron chi connectivity index (χ4n) is 4.13. The van der Waals surface area contributed by atoms with Crippen molar-refractivity contribution in [1.29, 1.82) is 5.26 Å². The molecule has 0 N–H and O–H groups in total. The van der Waals surface area contributed by atoms with Crippen LogP contribution in [0.5, 0.6) is 0 Å². The zero-order valence-electron chi connectivity index (χ0n) is 17.4. The van der Waals surface area contributed by atoms with Gasteiger partial charge < -0.3 is 0 Å². The Morgan fingerprint density at radius 1 is 1.12 bits per heavy atom. The molecular weight excluding hydrogens is 417 g/mol. The van der Waals surface area contributed by atoms with Crippen molar-refractivity contribution in [2.24, 2.45) is 10.9 Å². The molecule has 0 amide bonds. The fourth-order valence-corrected chi connectivity index (χ4v) is 4.13. The number of hydrogen-bond donors (Lipinski definition) is 0. The van der Waals surface area contributed by atoms with Crippen LogP contribution in [-0.2, 0) is 16.0 Å².